The number of ether oxygens (including phenoxy) is 1. The third kappa shape index (κ3) is 4.22. The SMILES string of the molecule is CC(C)CCOCCC1(C#N)CCCC1. The van der Waals surface area contributed by atoms with Crippen LogP contribution < -0.4 is 0 Å². The maximum absolute atomic E-state index is 9.16. The molecule has 1 rings (SSSR count). The highest BCUT2D eigenvalue weighted by molar-refractivity contribution is 5.01. The molecule has 0 aliphatic heterocycles. The lowest BCUT2D eigenvalue weighted by atomic mass is 9.85. The van der Waals surface area contributed by atoms with E-state index in [4.69, 9.17) is 10.00 Å². The van der Waals surface area contributed by atoms with Gasteiger partial charge >= 0.3 is 0 Å². The topological polar surface area (TPSA) is 33.0 Å². The number of rotatable bonds is 6. The van der Waals surface area contributed by atoms with Gasteiger partial charge in [0.25, 0.3) is 0 Å². The van der Waals surface area contributed by atoms with Gasteiger partial charge < -0.3 is 4.74 Å². The summed E-state index contributed by atoms with van der Waals surface area (Å²) in [6, 6.07) is 2.50. The van der Waals surface area contributed by atoms with Crippen molar-refractivity contribution < 1.29 is 4.74 Å². The van der Waals surface area contributed by atoms with Crippen LogP contribution in [0.25, 0.3) is 0 Å². The number of nitrogens with zero attached hydrogens (tertiary/aromatic N) is 1. The highest BCUT2D eigenvalue weighted by Gasteiger charge is 2.33. The molecule has 0 aromatic rings. The zero-order valence-electron chi connectivity index (χ0n) is 10.1. The normalized spacial score (nSPS) is 19.3. The summed E-state index contributed by atoms with van der Waals surface area (Å²) in [7, 11) is 0. The summed E-state index contributed by atoms with van der Waals surface area (Å²) in [5, 5.41) is 9.16. The van der Waals surface area contributed by atoms with Crippen molar-refractivity contribution in [3.63, 3.8) is 0 Å². The van der Waals surface area contributed by atoms with Gasteiger partial charge in [0.2, 0.25) is 0 Å². The Bertz CT molecular complexity index is 211. The van der Waals surface area contributed by atoms with E-state index < -0.39 is 0 Å². The van der Waals surface area contributed by atoms with E-state index in [1.165, 1.54) is 12.8 Å². The standard InChI is InChI=1S/C13H23NO/c1-12(2)5-9-15-10-8-13(11-14)6-3-4-7-13/h12H,3-10H2,1-2H3. The lowest BCUT2D eigenvalue weighted by Gasteiger charge is -2.19. The van der Waals surface area contributed by atoms with Crippen molar-refractivity contribution in [3.05, 3.63) is 0 Å². The minimum Gasteiger partial charge on any atom is -0.381 e. The molecule has 1 fully saturated rings. The average Bonchev–Trinajstić information content (AvgIpc) is 2.66. The van der Waals surface area contributed by atoms with E-state index in [1.807, 2.05) is 0 Å². The smallest absolute Gasteiger partial charge is 0.0690 e. The largest absolute Gasteiger partial charge is 0.381 e. The fourth-order valence-electron chi connectivity index (χ4n) is 2.16. The molecule has 0 heterocycles. The van der Waals surface area contributed by atoms with E-state index in [-0.39, 0.29) is 5.41 Å². The van der Waals surface area contributed by atoms with Crippen LogP contribution in [0.1, 0.15) is 52.4 Å². The Kier molecular flexibility index (Phi) is 5.11. The van der Waals surface area contributed by atoms with Gasteiger partial charge in [-0.15, -0.1) is 0 Å². The molecule has 86 valence electrons. The van der Waals surface area contributed by atoms with Gasteiger partial charge in [0.05, 0.1) is 11.5 Å². The van der Waals surface area contributed by atoms with Gasteiger partial charge in [-0.1, -0.05) is 26.7 Å². The van der Waals surface area contributed by atoms with Crippen LogP contribution in [-0.2, 0) is 4.74 Å². The second-order valence-electron chi connectivity index (χ2n) is 5.14. The van der Waals surface area contributed by atoms with Crippen LogP contribution in [0.2, 0.25) is 0 Å². The van der Waals surface area contributed by atoms with Crippen LogP contribution in [0.4, 0.5) is 0 Å². The van der Waals surface area contributed by atoms with Gasteiger partial charge in [0, 0.05) is 13.2 Å². The van der Waals surface area contributed by atoms with Crippen molar-refractivity contribution >= 4 is 0 Å². The maximum atomic E-state index is 9.16. The summed E-state index contributed by atoms with van der Waals surface area (Å²) >= 11 is 0. The first-order valence-electron chi connectivity index (χ1n) is 6.17. The zero-order valence-corrected chi connectivity index (χ0v) is 10.1. The highest BCUT2D eigenvalue weighted by atomic mass is 16.5. The summed E-state index contributed by atoms with van der Waals surface area (Å²) in [6.45, 7) is 6.02. The Labute approximate surface area is 93.6 Å². The molecule has 0 radical (unpaired) electrons. The predicted octanol–water partition coefficient (Wildman–Crippen LogP) is 3.52. The second-order valence-corrected chi connectivity index (χ2v) is 5.14. The molecule has 0 unspecified atom stereocenters. The third-order valence-electron chi connectivity index (χ3n) is 3.36. The number of hydrogen-bond donors (Lipinski definition) is 0. The van der Waals surface area contributed by atoms with Crippen LogP contribution in [-0.4, -0.2) is 13.2 Å². The Morgan fingerprint density at radius 3 is 2.47 bits per heavy atom. The number of hydrogen-bond acceptors (Lipinski definition) is 2. The summed E-state index contributed by atoms with van der Waals surface area (Å²) in [5.74, 6) is 0.710. The van der Waals surface area contributed by atoms with E-state index in [9.17, 15) is 0 Å². The summed E-state index contributed by atoms with van der Waals surface area (Å²) in [4.78, 5) is 0. The average molecular weight is 209 g/mol. The van der Waals surface area contributed by atoms with Gasteiger partial charge in [-0.05, 0) is 31.6 Å². The van der Waals surface area contributed by atoms with Crippen molar-refractivity contribution in [3.8, 4) is 6.07 Å². The Morgan fingerprint density at radius 1 is 1.27 bits per heavy atom. The molecule has 2 heteroatoms. The van der Waals surface area contributed by atoms with Crippen molar-refractivity contribution in [2.24, 2.45) is 11.3 Å². The van der Waals surface area contributed by atoms with E-state index in [2.05, 4.69) is 19.9 Å². The Balaban J connectivity index is 2.11. The van der Waals surface area contributed by atoms with Gasteiger partial charge in [-0.2, -0.15) is 5.26 Å². The third-order valence-corrected chi connectivity index (χ3v) is 3.36. The van der Waals surface area contributed by atoms with Crippen LogP contribution in [0.3, 0.4) is 0 Å². The molecule has 0 aromatic carbocycles. The van der Waals surface area contributed by atoms with Crippen LogP contribution >= 0.6 is 0 Å². The molecule has 0 atom stereocenters. The lowest BCUT2D eigenvalue weighted by Crippen LogP contribution is -2.16. The fourth-order valence-corrected chi connectivity index (χ4v) is 2.16. The fraction of sp³-hybridized carbons (Fsp3) is 0.923. The van der Waals surface area contributed by atoms with Gasteiger partial charge in [-0.25, -0.2) is 0 Å². The van der Waals surface area contributed by atoms with Crippen molar-refractivity contribution in [1.29, 1.82) is 5.26 Å². The minimum absolute atomic E-state index is 0.0438. The van der Waals surface area contributed by atoms with Crippen LogP contribution in [0, 0.1) is 22.7 Å². The monoisotopic (exact) mass is 209 g/mol. The molecule has 0 bridgehead atoms. The van der Waals surface area contributed by atoms with E-state index in [0.29, 0.717) is 5.92 Å². The molecule has 1 aliphatic carbocycles. The van der Waals surface area contributed by atoms with Crippen molar-refractivity contribution in [2.45, 2.75) is 52.4 Å². The predicted molar refractivity (Wildman–Crippen MR) is 61.4 cm³/mol. The Hall–Kier alpha value is -0.550. The molecule has 1 saturated carbocycles. The minimum atomic E-state index is -0.0438. The maximum Gasteiger partial charge on any atom is 0.0690 e. The highest BCUT2D eigenvalue weighted by Crippen LogP contribution is 2.40. The summed E-state index contributed by atoms with van der Waals surface area (Å²) in [6.07, 6.45) is 6.66. The van der Waals surface area contributed by atoms with Crippen LogP contribution in [0.5, 0.6) is 0 Å². The Morgan fingerprint density at radius 2 is 1.93 bits per heavy atom. The van der Waals surface area contributed by atoms with Gasteiger partial charge in [0.1, 0.15) is 0 Å². The lowest BCUT2D eigenvalue weighted by molar-refractivity contribution is 0.101. The molecule has 15 heavy (non-hydrogen) atoms. The second kappa shape index (κ2) is 6.12. The molecule has 0 aromatic heterocycles. The molecular formula is C13H23NO. The molecular weight excluding hydrogens is 186 g/mol. The summed E-state index contributed by atoms with van der Waals surface area (Å²) < 4.78 is 5.58. The van der Waals surface area contributed by atoms with E-state index in [1.54, 1.807) is 0 Å². The van der Waals surface area contributed by atoms with Crippen LogP contribution in [0.15, 0.2) is 0 Å². The molecule has 1 aliphatic rings. The zero-order chi connectivity index (χ0) is 11.1. The molecule has 0 spiro atoms. The van der Waals surface area contributed by atoms with Gasteiger partial charge in [-0.3, -0.25) is 0 Å². The van der Waals surface area contributed by atoms with E-state index in [0.717, 1.165) is 38.9 Å². The number of nitriles is 1. The first-order valence-corrected chi connectivity index (χ1v) is 6.17. The van der Waals surface area contributed by atoms with E-state index >= 15 is 0 Å². The first kappa shape index (κ1) is 12.5. The molecule has 0 amide bonds. The van der Waals surface area contributed by atoms with Gasteiger partial charge in [0.15, 0.2) is 0 Å². The van der Waals surface area contributed by atoms with Crippen molar-refractivity contribution in [1.82, 2.24) is 0 Å². The molecule has 2 nitrogen and oxygen atoms in total. The first-order chi connectivity index (χ1) is 7.18. The van der Waals surface area contributed by atoms with Crippen molar-refractivity contribution in [2.75, 3.05) is 13.2 Å². The molecule has 0 N–H and O–H groups in total. The summed E-state index contributed by atoms with van der Waals surface area (Å²) in [5.41, 5.74) is -0.0438. The molecule has 0 saturated heterocycles. The quantitative estimate of drug-likeness (QED) is 0.627.